The second-order valence-corrected chi connectivity index (χ2v) is 4.88. The van der Waals surface area contributed by atoms with Crippen molar-refractivity contribution in [1.29, 1.82) is 0 Å². The molecule has 0 radical (unpaired) electrons. The Morgan fingerprint density at radius 3 is 2.53 bits per heavy atom. The molecule has 0 unspecified atom stereocenters. The van der Waals surface area contributed by atoms with Gasteiger partial charge in [-0.15, -0.1) is 0 Å². The van der Waals surface area contributed by atoms with Gasteiger partial charge in [0.05, 0.1) is 22.4 Å². The summed E-state index contributed by atoms with van der Waals surface area (Å²) < 4.78 is 5.42. The van der Waals surface area contributed by atoms with Gasteiger partial charge >= 0.3 is 0 Å². The summed E-state index contributed by atoms with van der Waals surface area (Å²) in [5.41, 5.74) is 5.52. The van der Waals surface area contributed by atoms with Crippen LogP contribution in [-0.2, 0) is 0 Å². The van der Waals surface area contributed by atoms with E-state index < -0.39 is 5.54 Å². The van der Waals surface area contributed by atoms with Gasteiger partial charge in [0.15, 0.2) is 4.67 Å². The summed E-state index contributed by atoms with van der Waals surface area (Å²) >= 11 is 8.20. The van der Waals surface area contributed by atoms with E-state index in [1.807, 2.05) is 13.8 Å². The Bertz CT molecular complexity index is 427. The highest BCUT2D eigenvalue weighted by molar-refractivity contribution is 9.10. The summed E-state index contributed by atoms with van der Waals surface area (Å²) in [6.45, 7) is 3.88. The molecule has 1 rings (SSSR count). The number of carbonyl (C=O) groups excluding carboxylic acids is 1. The zero-order chi connectivity index (χ0) is 13.1. The summed E-state index contributed by atoms with van der Waals surface area (Å²) in [7, 11) is 0. The van der Waals surface area contributed by atoms with Crippen LogP contribution in [-0.4, -0.2) is 16.4 Å². The summed E-state index contributed by atoms with van der Waals surface area (Å²) in [5.74, 6) is -0.248. The van der Waals surface area contributed by atoms with Crippen molar-refractivity contribution in [3.05, 3.63) is 22.6 Å². The minimum Gasteiger partial charge on any atom is -0.457 e. The van der Waals surface area contributed by atoms with Gasteiger partial charge in [-0.3, -0.25) is 4.79 Å². The minimum atomic E-state index is -0.636. The first kappa shape index (κ1) is 14.2. The topological polar surface area (TPSA) is 68.3 Å². The molecule has 17 heavy (non-hydrogen) atoms. The van der Waals surface area contributed by atoms with Crippen LogP contribution in [0.25, 0.3) is 0 Å². The lowest BCUT2D eigenvalue weighted by atomic mass is 9.92. The Kier molecular flexibility index (Phi) is 4.70. The van der Waals surface area contributed by atoms with Gasteiger partial charge in [0.1, 0.15) is 0 Å². The highest BCUT2D eigenvalue weighted by Crippen LogP contribution is 2.21. The van der Waals surface area contributed by atoms with Crippen LogP contribution in [0.5, 0.6) is 0 Å². The van der Waals surface area contributed by atoms with E-state index in [0.717, 1.165) is 0 Å². The second-order valence-electron chi connectivity index (χ2n) is 3.72. The molecule has 0 aromatic carbocycles. The molecular weight excluding hydrogens is 304 g/mol. The fraction of sp³-hybridized carbons (Fsp3) is 0.455. The van der Waals surface area contributed by atoms with E-state index in [2.05, 4.69) is 21.2 Å². The Morgan fingerprint density at radius 1 is 1.59 bits per heavy atom. The van der Waals surface area contributed by atoms with Crippen molar-refractivity contribution < 1.29 is 9.21 Å². The smallest absolute Gasteiger partial charge is 0.256 e. The first-order chi connectivity index (χ1) is 7.96. The molecule has 4 nitrogen and oxygen atoms in total. The summed E-state index contributed by atoms with van der Waals surface area (Å²) in [6, 6.07) is 1.59. The van der Waals surface area contributed by atoms with Gasteiger partial charge in [-0.2, -0.15) is 0 Å². The lowest BCUT2D eigenvalue weighted by Crippen LogP contribution is -2.55. The van der Waals surface area contributed by atoms with Gasteiger partial charge in [-0.1, -0.05) is 26.1 Å². The molecule has 0 aliphatic carbocycles. The molecule has 0 saturated carbocycles. The highest BCUT2D eigenvalue weighted by Gasteiger charge is 2.32. The van der Waals surface area contributed by atoms with Crippen molar-refractivity contribution in [1.82, 2.24) is 5.32 Å². The summed E-state index contributed by atoms with van der Waals surface area (Å²) in [6.07, 6.45) is 2.75. The maximum Gasteiger partial charge on any atom is 0.256 e. The molecule has 0 bridgehead atoms. The molecule has 0 aliphatic heterocycles. The van der Waals surface area contributed by atoms with Crippen LogP contribution in [0.3, 0.4) is 0 Å². The predicted octanol–water partition coefficient (Wildman–Crippen LogP) is 2.62. The average Bonchev–Trinajstić information content (AvgIpc) is 2.72. The quantitative estimate of drug-likeness (QED) is 0.819. The fourth-order valence-corrected chi connectivity index (χ4v) is 2.34. The van der Waals surface area contributed by atoms with E-state index in [1.165, 1.54) is 6.26 Å². The van der Waals surface area contributed by atoms with E-state index in [9.17, 15) is 4.79 Å². The van der Waals surface area contributed by atoms with Gasteiger partial charge in [-0.25, -0.2) is 0 Å². The van der Waals surface area contributed by atoms with Crippen LogP contribution in [0.1, 0.15) is 37.0 Å². The minimum absolute atomic E-state index is 0.248. The van der Waals surface area contributed by atoms with Gasteiger partial charge in [0.2, 0.25) is 0 Å². The maximum atomic E-state index is 12.0. The summed E-state index contributed by atoms with van der Waals surface area (Å²) in [4.78, 5) is 12.3. The molecule has 0 atom stereocenters. The van der Waals surface area contributed by atoms with Crippen molar-refractivity contribution >= 4 is 39.0 Å². The lowest BCUT2D eigenvalue weighted by Gasteiger charge is -2.31. The number of furan rings is 1. The molecule has 0 spiro atoms. The Labute approximate surface area is 114 Å². The highest BCUT2D eigenvalue weighted by atomic mass is 79.9. The van der Waals surface area contributed by atoms with Gasteiger partial charge in [0.25, 0.3) is 5.91 Å². The standard InChI is InChI=1S/C11H15BrN2O2S/c1-3-11(4-2,10(13)17)14-9(15)7-5-6-16-8(7)12/h5-6H,3-4H2,1-2H3,(H2,13,17)(H,14,15). The zero-order valence-electron chi connectivity index (χ0n) is 9.75. The number of amides is 1. The fourth-order valence-electron chi connectivity index (χ4n) is 1.58. The van der Waals surface area contributed by atoms with Gasteiger partial charge in [-0.05, 0) is 34.8 Å². The molecule has 1 heterocycles. The molecule has 0 aliphatic rings. The molecule has 1 amide bonds. The number of nitrogens with two attached hydrogens (primary N) is 1. The Hall–Kier alpha value is -0.880. The second kappa shape index (κ2) is 5.64. The predicted molar refractivity (Wildman–Crippen MR) is 74.0 cm³/mol. The van der Waals surface area contributed by atoms with Gasteiger partial charge in [0, 0.05) is 0 Å². The van der Waals surface area contributed by atoms with Crippen LogP contribution < -0.4 is 11.1 Å². The van der Waals surface area contributed by atoms with Crippen LogP contribution in [0.2, 0.25) is 0 Å². The van der Waals surface area contributed by atoms with Crippen LogP contribution >= 0.6 is 28.1 Å². The van der Waals surface area contributed by atoms with E-state index in [0.29, 0.717) is 28.1 Å². The average molecular weight is 319 g/mol. The van der Waals surface area contributed by atoms with E-state index >= 15 is 0 Å². The lowest BCUT2D eigenvalue weighted by molar-refractivity contribution is 0.0918. The SMILES string of the molecule is CCC(CC)(NC(=O)c1ccoc1Br)C(N)=S. The molecule has 3 N–H and O–H groups in total. The number of carbonyl (C=O) groups is 1. The molecule has 6 heteroatoms. The third-order valence-corrected chi connectivity index (χ3v) is 3.90. The summed E-state index contributed by atoms with van der Waals surface area (Å²) in [5, 5.41) is 2.88. The third-order valence-electron chi connectivity index (χ3n) is 2.89. The van der Waals surface area contributed by atoms with Crippen molar-refractivity contribution in [3.8, 4) is 0 Å². The normalized spacial score (nSPS) is 11.2. The first-order valence-electron chi connectivity index (χ1n) is 5.32. The van der Waals surface area contributed by atoms with E-state index in [1.54, 1.807) is 6.07 Å². The largest absolute Gasteiger partial charge is 0.457 e. The number of rotatable bonds is 5. The Morgan fingerprint density at radius 2 is 2.18 bits per heavy atom. The molecule has 1 aromatic rings. The first-order valence-corrected chi connectivity index (χ1v) is 6.52. The molecule has 1 aromatic heterocycles. The monoisotopic (exact) mass is 318 g/mol. The number of hydrogen-bond donors (Lipinski definition) is 2. The third kappa shape index (κ3) is 2.87. The van der Waals surface area contributed by atoms with Crippen molar-refractivity contribution in [2.24, 2.45) is 5.73 Å². The van der Waals surface area contributed by atoms with Crippen molar-refractivity contribution in [3.63, 3.8) is 0 Å². The van der Waals surface area contributed by atoms with E-state index in [-0.39, 0.29) is 5.91 Å². The van der Waals surface area contributed by atoms with Crippen LogP contribution in [0.15, 0.2) is 21.4 Å². The van der Waals surface area contributed by atoms with Crippen LogP contribution in [0.4, 0.5) is 0 Å². The number of hydrogen-bond acceptors (Lipinski definition) is 3. The van der Waals surface area contributed by atoms with Crippen LogP contribution in [0, 0.1) is 0 Å². The van der Waals surface area contributed by atoms with Crippen molar-refractivity contribution in [2.45, 2.75) is 32.2 Å². The molecule has 94 valence electrons. The van der Waals surface area contributed by atoms with Gasteiger partial charge < -0.3 is 15.5 Å². The molecular formula is C11H15BrN2O2S. The number of nitrogens with one attached hydrogen (secondary N) is 1. The maximum absolute atomic E-state index is 12.0. The molecule has 0 fully saturated rings. The number of thiocarbonyl (C=S) groups is 1. The zero-order valence-corrected chi connectivity index (χ0v) is 12.2. The van der Waals surface area contributed by atoms with E-state index in [4.69, 9.17) is 22.4 Å². The molecule has 0 saturated heterocycles. The van der Waals surface area contributed by atoms with Crippen molar-refractivity contribution in [2.75, 3.05) is 0 Å². The Balaban J connectivity index is 2.93. The number of halogens is 1.